The number of anilines is 1. The number of hydrogen-bond donors (Lipinski definition) is 0. The lowest BCUT2D eigenvalue weighted by Gasteiger charge is -2.25. The first-order chi connectivity index (χ1) is 10.3. The molecule has 0 radical (unpaired) electrons. The molecule has 118 valence electrons. The first-order valence-electron chi connectivity index (χ1n) is 6.98. The third-order valence-corrected chi connectivity index (χ3v) is 3.05. The van der Waals surface area contributed by atoms with Gasteiger partial charge in [-0.25, -0.2) is 9.48 Å². The molecule has 1 amide bonds. The number of hydrogen-bond acceptors (Lipinski definition) is 4. The van der Waals surface area contributed by atoms with Crippen molar-refractivity contribution in [2.24, 2.45) is 0 Å². The molecular formula is C15H19ClN4O2. The second-order valence-electron chi connectivity index (χ2n) is 5.69. The Labute approximate surface area is 134 Å². The summed E-state index contributed by atoms with van der Waals surface area (Å²) in [4.78, 5) is 17.8. The molecule has 0 aliphatic rings. The lowest BCUT2D eigenvalue weighted by Crippen LogP contribution is -2.36. The first kappa shape index (κ1) is 16.3. The van der Waals surface area contributed by atoms with E-state index in [0.29, 0.717) is 12.2 Å². The average Bonchev–Trinajstić information content (AvgIpc) is 2.81. The molecule has 0 spiro atoms. The van der Waals surface area contributed by atoms with Gasteiger partial charge in [0.15, 0.2) is 5.15 Å². The number of nitrogens with zero attached hydrogens (tertiary/aromatic N) is 4. The molecule has 0 atom stereocenters. The van der Waals surface area contributed by atoms with Crippen LogP contribution in [0.3, 0.4) is 0 Å². The van der Waals surface area contributed by atoms with E-state index in [1.165, 1.54) is 4.90 Å². The van der Waals surface area contributed by atoms with Gasteiger partial charge in [-0.2, -0.15) is 5.10 Å². The van der Waals surface area contributed by atoms with Crippen molar-refractivity contribution < 1.29 is 9.53 Å². The van der Waals surface area contributed by atoms with Gasteiger partial charge in [0, 0.05) is 12.7 Å². The predicted octanol–water partition coefficient (Wildman–Crippen LogP) is 3.68. The molecule has 22 heavy (non-hydrogen) atoms. The SMILES string of the molecule is CCN(C(=O)OC(C)(C)C)c1cn(-c2cccnc2)nc1Cl. The Kier molecular flexibility index (Phi) is 4.71. The highest BCUT2D eigenvalue weighted by Crippen LogP contribution is 2.27. The van der Waals surface area contributed by atoms with Crippen molar-refractivity contribution in [3.8, 4) is 5.69 Å². The molecular weight excluding hydrogens is 304 g/mol. The molecule has 0 aliphatic heterocycles. The molecule has 0 saturated carbocycles. The van der Waals surface area contributed by atoms with Crippen LogP contribution in [0.15, 0.2) is 30.7 Å². The van der Waals surface area contributed by atoms with Crippen LogP contribution in [0, 0.1) is 0 Å². The molecule has 0 aliphatic carbocycles. The number of rotatable bonds is 3. The molecule has 0 N–H and O–H groups in total. The fourth-order valence-corrected chi connectivity index (χ4v) is 2.09. The lowest BCUT2D eigenvalue weighted by atomic mass is 10.2. The van der Waals surface area contributed by atoms with Crippen LogP contribution in [0.2, 0.25) is 5.15 Å². The predicted molar refractivity (Wildman–Crippen MR) is 85.6 cm³/mol. The summed E-state index contributed by atoms with van der Waals surface area (Å²) in [6.07, 6.45) is 4.57. The molecule has 0 saturated heterocycles. The van der Waals surface area contributed by atoms with E-state index >= 15 is 0 Å². The van der Waals surface area contributed by atoms with E-state index in [0.717, 1.165) is 5.69 Å². The fourth-order valence-electron chi connectivity index (χ4n) is 1.86. The Balaban J connectivity index is 2.31. The van der Waals surface area contributed by atoms with E-state index in [1.807, 2.05) is 33.8 Å². The largest absolute Gasteiger partial charge is 0.443 e. The molecule has 2 heterocycles. The van der Waals surface area contributed by atoms with Gasteiger partial charge in [0.05, 0.1) is 18.1 Å². The third-order valence-electron chi connectivity index (χ3n) is 2.78. The highest BCUT2D eigenvalue weighted by Gasteiger charge is 2.25. The molecule has 2 aromatic rings. The summed E-state index contributed by atoms with van der Waals surface area (Å²) in [6.45, 7) is 7.73. The number of halogens is 1. The van der Waals surface area contributed by atoms with Crippen LogP contribution in [0.4, 0.5) is 10.5 Å². The Bertz CT molecular complexity index is 649. The summed E-state index contributed by atoms with van der Waals surface area (Å²) in [6, 6.07) is 3.65. The van der Waals surface area contributed by atoms with Gasteiger partial charge >= 0.3 is 6.09 Å². The maximum Gasteiger partial charge on any atom is 0.414 e. The van der Waals surface area contributed by atoms with E-state index in [-0.39, 0.29) is 5.15 Å². The average molecular weight is 323 g/mol. The van der Waals surface area contributed by atoms with Gasteiger partial charge < -0.3 is 4.74 Å². The van der Waals surface area contributed by atoms with Crippen molar-refractivity contribution in [3.05, 3.63) is 35.9 Å². The fraction of sp³-hybridized carbons (Fsp3) is 0.400. The quantitative estimate of drug-likeness (QED) is 0.864. The molecule has 7 heteroatoms. The van der Waals surface area contributed by atoms with Gasteiger partial charge in [-0.05, 0) is 39.8 Å². The molecule has 2 aromatic heterocycles. The van der Waals surface area contributed by atoms with Crippen LogP contribution < -0.4 is 4.90 Å². The summed E-state index contributed by atoms with van der Waals surface area (Å²) in [5.41, 5.74) is 0.689. The Hall–Kier alpha value is -2.08. The van der Waals surface area contributed by atoms with Crippen molar-refractivity contribution in [2.75, 3.05) is 11.4 Å². The van der Waals surface area contributed by atoms with Crippen LogP contribution in [0.25, 0.3) is 5.69 Å². The van der Waals surface area contributed by atoms with Crippen LogP contribution >= 0.6 is 11.6 Å². The minimum atomic E-state index is -0.573. The van der Waals surface area contributed by atoms with Crippen molar-refractivity contribution >= 4 is 23.4 Å². The van der Waals surface area contributed by atoms with E-state index in [1.54, 1.807) is 29.3 Å². The molecule has 0 bridgehead atoms. The lowest BCUT2D eigenvalue weighted by molar-refractivity contribution is 0.0582. The van der Waals surface area contributed by atoms with Crippen LogP contribution in [-0.4, -0.2) is 33.0 Å². The summed E-state index contributed by atoms with van der Waals surface area (Å²) in [5.74, 6) is 0. The molecule has 0 unspecified atom stereocenters. The Morgan fingerprint density at radius 2 is 2.18 bits per heavy atom. The zero-order valence-electron chi connectivity index (χ0n) is 13.1. The van der Waals surface area contributed by atoms with Gasteiger partial charge in [0.1, 0.15) is 11.3 Å². The maximum atomic E-state index is 12.3. The summed E-state index contributed by atoms with van der Waals surface area (Å²) < 4.78 is 6.98. The number of carbonyl (C=O) groups is 1. The number of amides is 1. The Morgan fingerprint density at radius 1 is 1.45 bits per heavy atom. The van der Waals surface area contributed by atoms with Crippen LogP contribution in [0.1, 0.15) is 27.7 Å². The van der Waals surface area contributed by atoms with Crippen LogP contribution in [0.5, 0.6) is 0 Å². The summed E-state index contributed by atoms with van der Waals surface area (Å²) >= 11 is 6.18. The number of ether oxygens (including phenoxy) is 1. The number of carbonyl (C=O) groups excluding carboxylic acids is 1. The zero-order chi connectivity index (χ0) is 16.3. The highest BCUT2D eigenvalue weighted by molar-refractivity contribution is 6.32. The third kappa shape index (κ3) is 3.76. The van der Waals surface area contributed by atoms with Gasteiger partial charge in [0.2, 0.25) is 0 Å². The van der Waals surface area contributed by atoms with Gasteiger partial charge in [-0.1, -0.05) is 11.6 Å². The topological polar surface area (TPSA) is 60.2 Å². The van der Waals surface area contributed by atoms with E-state index in [2.05, 4.69) is 10.1 Å². The number of pyridine rings is 1. The highest BCUT2D eigenvalue weighted by atomic mass is 35.5. The number of aromatic nitrogens is 3. The Morgan fingerprint density at radius 3 is 2.73 bits per heavy atom. The standard InChI is InChI=1S/C15H19ClN4O2/c1-5-19(14(21)22-15(2,3)4)12-10-20(18-13(12)16)11-7-6-8-17-9-11/h6-10H,5H2,1-4H3. The monoisotopic (exact) mass is 322 g/mol. The second-order valence-corrected chi connectivity index (χ2v) is 6.04. The minimum Gasteiger partial charge on any atom is -0.443 e. The van der Waals surface area contributed by atoms with Crippen molar-refractivity contribution in [1.82, 2.24) is 14.8 Å². The van der Waals surface area contributed by atoms with Crippen molar-refractivity contribution in [2.45, 2.75) is 33.3 Å². The van der Waals surface area contributed by atoms with Gasteiger partial charge in [0.25, 0.3) is 0 Å². The maximum absolute atomic E-state index is 12.3. The minimum absolute atomic E-state index is 0.233. The zero-order valence-corrected chi connectivity index (χ0v) is 13.8. The molecule has 6 nitrogen and oxygen atoms in total. The van der Waals surface area contributed by atoms with Crippen molar-refractivity contribution in [1.29, 1.82) is 0 Å². The van der Waals surface area contributed by atoms with Gasteiger partial charge in [-0.15, -0.1) is 0 Å². The second kappa shape index (κ2) is 6.36. The summed E-state index contributed by atoms with van der Waals surface area (Å²) in [7, 11) is 0. The van der Waals surface area contributed by atoms with Crippen molar-refractivity contribution in [3.63, 3.8) is 0 Å². The molecule has 0 aromatic carbocycles. The smallest absolute Gasteiger partial charge is 0.414 e. The van der Waals surface area contributed by atoms with Crippen LogP contribution in [-0.2, 0) is 4.74 Å². The van der Waals surface area contributed by atoms with E-state index in [9.17, 15) is 4.79 Å². The van der Waals surface area contributed by atoms with Gasteiger partial charge in [-0.3, -0.25) is 9.88 Å². The normalized spacial score (nSPS) is 11.3. The molecule has 0 fully saturated rings. The first-order valence-corrected chi connectivity index (χ1v) is 7.35. The summed E-state index contributed by atoms with van der Waals surface area (Å²) in [5, 5.41) is 4.45. The van der Waals surface area contributed by atoms with E-state index in [4.69, 9.17) is 16.3 Å². The van der Waals surface area contributed by atoms with E-state index < -0.39 is 11.7 Å². The molecule has 2 rings (SSSR count).